The first-order valence-corrected chi connectivity index (χ1v) is 2.75. The molecule has 0 aromatic carbocycles. The average Bonchev–Trinajstić information content (AvgIpc) is 1.94. The summed E-state index contributed by atoms with van der Waals surface area (Å²) in [4.78, 5) is 13.5. The zero-order valence-electron chi connectivity index (χ0n) is 5.41. The minimum absolute atomic E-state index is 0.0427. The fourth-order valence-corrected chi connectivity index (χ4v) is 0.626. The lowest BCUT2D eigenvalue weighted by atomic mass is 10.2. The van der Waals surface area contributed by atoms with E-state index in [1.807, 2.05) is 0 Å². The highest BCUT2D eigenvalue weighted by Gasteiger charge is 2.08. The average molecular weight is 156 g/mol. The van der Waals surface area contributed by atoms with Crippen LogP contribution in [0, 0.1) is 5.95 Å². The lowest BCUT2D eigenvalue weighted by Gasteiger charge is -1.97. The van der Waals surface area contributed by atoms with Gasteiger partial charge in [-0.3, -0.25) is 0 Å². The number of carboxylic acids is 1. The van der Waals surface area contributed by atoms with Gasteiger partial charge in [0.2, 0.25) is 5.95 Å². The highest BCUT2D eigenvalue weighted by atomic mass is 19.1. The Bertz CT molecular complexity index is 301. The lowest BCUT2D eigenvalue weighted by Crippen LogP contribution is -2.03. The number of nitrogens with zero attached hydrogens (tertiary/aromatic N) is 1. The Kier molecular flexibility index (Phi) is 1.72. The van der Waals surface area contributed by atoms with E-state index < -0.39 is 11.9 Å². The van der Waals surface area contributed by atoms with Crippen LogP contribution in [0.3, 0.4) is 0 Å². The van der Waals surface area contributed by atoms with Crippen molar-refractivity contribution in [1.29, 1.82) is 0 Å². The van der Waals surface area contributed by atoms with E-state index >= 15 is 0 Å². The third-order valence-electron chi connectivity index (χ3n) is 1.13. The van der Waals surface area contributed by atoms with Crippen LogP contribution in [-0.2, 0) is 0 Å². The van der Waals surface area contributed by atoms with Gasteiger partial charge in [0.1, 0.15) is 0 Å². The van der Waals surface area contributed by atoms with E-state index in [1.165, 1.54) is 0 Å². The number of rotatable bonds is 1. The van der Waals surface area contributed by atoms with Crippen LogP contribution in [0.4, 0.5) is 10.1 Å². The van der Waals surface area contributed by atoms with Gasteiger partial charge in [-0.1, -0.05) is 0 Å². The molecule has 0 radical (unpaired) electrons. The Morgan fingerprint density at radius 3 is 2.82 bits per heavy atom. The van der Waals surface area contributed by atoms with Crippen molar-refractivity contribution in [3.8, 4) is 0 Å². The number of anilines is 1. The molecule has 1 aromatic rings. The molecule has 0 unspecified atom stereocenters. The van der Waals surface area contributed by atoms with Gasteiger partial charge in [-0.2, -0.15) is 4.39 Å². The van der Waals surface area contributed by atoms with Crippen molar-refractivity contribution in [3.05, 3.63) is 23.8 Å². The SMILES string of the molecule is Nc1cnc(F)cc1C(=O)O. The summed E-state index contributed by atoms with van der Waals surface area (Å²) in [6, 6.07) is 0.775. The summed E-state index contributed by atoms with van der Waals surface area (Å²) in [7, 11) is 0. The third kappa shape index (κ3) is 1.43. The Hall–Kier alpha value is -1.65. The first kappa shape index (κ1) is 7.46. The highest BCUT2D eigenvalue weighted by Crippen LogP contribution is 2.09. The van der Waals surface area contributed by atoms with Gasteiger partial charge in [0.15, 0.2) is 0 Å². The standard InChI is InChI=1S/C6H5FN2O2/c7-5-1-3(6(10)11)4(8)2-9-5/h1-2H,8H2,(H,10,11). The van der Waals surface area contributed by atoms with E-state index in [0.29, 0.717) is 0 Å². The normalized spacial score (nSPS) is 9.55. The van der Waals surface area contributed by atoms with Crippen molar-refractivity contribution in [3.63, 3.8) is 0 Å². The van der Waals surface area contributed by atoms with Crippen LogP contribution in [0.15, 0.2) is 12.3 Å². The number of nitrogen functional groups attached to an aromatic ring is 1. The van der Waals surface area contributed by atoms with Crippen LogP contribution in [0.2, 0.25) is 0 Å². The fraction of sp³-hybridized carbons (Fsp3) is 0. The lowest BCUT2D eigenvalue weighted by molar-refractivity contribution is 0.0697. The van der Waals surface area contributed by atoms with Gasteiger partial charge >= 0.3 is 5.97 Å². The molecule has 0 atom stereocenters. The van der Waals surface area contributed by atoms with Gasteiger partial charge in [0.25, 0.3) is 0 Å². The number of halogens is 1. The number of aromatic nitrogens is 1. The first-order valence-electron chi connectivity index (χ1n) is 2.75. The Balaban J connectivity index is 3.23. The minimum Gasteiger partial charge on any atom is -0.478 e. The number of hydrogen-bond acceptors (Lipinski definition) is 3. The van der Waals surface area contributed by atoms with E-state index in [4.69, 9.17) is 10.8 Å². The summed E-state index contributed by atoms with van der Waals surface area (Å²) in [6.07, 6.45) is 0.971. The van der Waals surface area contributed by atoms with Crippen molar-refractivity contribution < 1.29 is 14.3 Å². The van der Waals surface area contributed by atoms with Crippen molar-refractivity contribution in [2.24, 2.45) is 0 Å². The Morgan fingerprint density at radius 2 is 2.36 bits per heavy atom. The van der Waals surface area contributed by atoms with E-state index in [1.54, 1.807) is 0 Å². The first-order chi connectivity index (χ1) is 5.11. The maximum atomic E-state index is 12.3. The van der Waals surface area contributed by atoms with Crippen molar-refractivity contribution in [1.82, 2.24) is 4.98 Å². The minimum atomic E-state index is -1.26. The van der Waals surface area contributed by atoms with Gasteiger partial charge in [-0.05, 0) is 0 Å². The second kappa shape index (κ2) is 2.53. The molecule has 0 fully saturated rings. The molecule has 0 spiro atoms. The van der Waals surface area contributed by atoms with E-state index in [2.05, 4.69) is 4.98 Å². The van der Waals surface area contributed by atoms with Gasteiger partial charge < -0.3 is 10.8 Å². The molecule has 11 heavy (non-hydrogen) atoms. The number of pyridine rings is 1. The fourth-order valence-electron chi connectivity index (χ4n) is 0.626. The summed E-state index contributed by atoms with van der Waals surface area (Å²) in [6.45, 7) is 0. The van der Waals surface area contributed by atoms with Crippen molar-refractivity contribution >= 4 is 11.7 Å². The largest absolute Gasteiger partial charge is 0.478 e. The van der Waals surface area contributed by atoms with Crippen LogP contribution >= 0.6 is 0 Å². The summed E-state index contributed by atoms with van der Waals surface area (Å²) in [5.41, 5.74) is 4.87. The number of nitrogens with two attached hydrogens (primary N) is 1. The molecule has 0 aliphatic heterocycles. The Morgan fingerprint density at radius 1 is 1.73 bits per heavy atom. The maximum absolute atomic E-state index is 12.3. The molecule has 0 aliphatic rings. The second-order valence-electron chi connectivity index (χ2n) is 1.90. The molecular weight excluding hydrogens is 151 g/mol. The van der Waals surface area contributed by atoms with Gasteiger partial charge in [-0.25, -0.2) is 9.78 Å². The maximum Gasteiger partial charge on any atom is 0.338 e. The van der Waals surface area contributed by atoms with E-state index in [9.17, 15) is 9.18 Å². The predicted octanol–water partition coefficient (Wildman–Crippen LogP) is 0.501. The molecule has 1 rings (SSSR count). The molecule has 1 aromatic heterocycles. The number of carbonyl (C=O) groups is 1. The quantitative estimate of drug-likeness (QED) is 0.580. The molecule has 58 valence electrons. The zero-order valence-corrected chi connectivity index (χ0v) is 5.41. The van der Waals surface area contributed by atoms with Crippen molar-refractivity contribution in [2.45, 2.75) is 0 Å². The van der Waals surface area contributed by atoms with Gasteiger partial charge in [0, 0.05) is 6.07 Å². The summed E-state index contributed by atoms with van der Waals surface area (Å²) >= 11 is 0. The monoisotopic (exact) mass is 156 g/mol. The van der Waals surface area contributed by atoms with Crippen LogP contribution in [0.25, 0.3) is 0 Å². The van der Waals surface area contributed by atoms with Gasteiger partial charge in [0.05, 0.1) is 17.4 Å². The third-order valence-corrected chi connectivity index (χ3v) is 1.13. The zero-order chi connectivity index (χ0) is 8.43. The number of hydrogen-bond donors (Lipinski definition) is 2. The molecule has 5 heteroatoms. The molecule has 0 bridgehead atoms. The predicted molar refractivity (Wildman–Crippen MR) is 35.6 cm³/mol. The van der Waals surface area contributed by atoms with Crippen LogP contribution in [-0.4, -0.2) is 16.1 Å². The van der Waals surface area contributed by atoms with Crippen LogP contribution < -0.4 is 5.73 Å². The van der Waals surface area contributed by atoms with Crippen molar-refractivity contribution in [2.75, 3.05) is 5.73 Å². The topological polar surface area (TPSA) is 76.2 Å². The summed E-state index contributed by atoms with van der Waals surface area (Å²) < 4.78 is 12.3. The molecule has 3 N–H and O–H groups in total. The second-order valence-corrected chi connectivity index (χ2v) is 1.90. The van der Waals surface area contributed by atoms with Gasteiger partial charge in [-0.15, -0.1) is 0 Å². The van der Waals surface area contributed by atoms with E-state index in [-0.39, 0.29) is 11.3 Å². The summed E-state index contributed by atoms with van der Waals surface area (Å²) in [5, 5.41) is 8.42. The number of carboxylic acid groups (broad SMARTS) is 1. The number of aromatic carboxylic acids is 1. The van der Waals surface area contributed by atoms with E-state index in [0.717, 1.165) is 12.3 Å². The molecule has 0 aliphatic carbocycles. The summed E-state index contributed by atoms with van der Waals surface area (Å²) in [5.74, 6) is -2.11. The molecule has 1 heterocycles. The molecular formula is C6H5FN2O2. The smallest absolute Gasteiger partial charge is 0.338 e. The Labute approximate surface area is 61.5 Å². The van der Waals surface area contributed by atoms with Crippen LogP contribution in [0.5, 0.6) is 0 Å². The molecule has 0 saturated carbocycles. The molecule has 0 saturated heterocycles. The highest BCUT2D eigenvalue weighted by molar-refractivity contribution is 5.93. The molecule has 0 amide bonds. The van der Waals surface area contributed by atoms with Crippen LogP contribution in [0.1, 0.15) is 10.4 Å². The molecule has 4 nitrogen and oxygen atoms in total.